The lowest BCUT2D eigenvalue weighted by Gasteiger charge is -2.31. The molecule has 8 nitrogen and oxygen atoms in total. The molecule has 1 atom stereocenters. The number of carbonyl (C=O) groups is 5. The molecular weight excluding hydrogens is 338 g/mol. The first-order valence-corrected chi connectivity index (χ1v) is 9.14. The van der Waals surface area contributed by atoms with E-state index in [0.29, 0.717) is 12.8 Å². The Kier molecular flexibility index (Phi) is 8.41. The molecule has 0 aromatic heterocycles. The molecule has 4 amide bonds. The Labute approximate surface area is 154 Å². The van der Waals surface area contributed by atoms with Crippen molar-refractivity contribution in [2.24, 2.45) is 5.92 Å². The Morgan fingerprint density at radius 3 is 2.35 bits per heavy atom. The van der Waals surface area contributed by atoms with Gasteiger partial charge in [-0.2, -0.15) is 0 Å². The number of hydrogen-bond acceptors (Lipinski definition) is 5. The molecule has 0 bridgehead atoms. The number of nitrogens with zero attached hydrogens (tertiary/aromatic N) is 1. The van der Waals surface area contributed by atoms with Crippen molar-refractivity contribution in [2.75, 3.05) is 13.1 Å². The van der Waals surface area contributed by atoms with Crippen molar-refractivity contribution >= 4 is 29.9 Å². The molecule has 1 rings (SSSR count). The highest BCUT2D eigenvalue weighted by Crippen LogP contribution is 2.19. The van der Waals surface area contributed by atoms with Crippen LogP contribution in [0, 0.1) is 5.92 Å². The molecule has 1 fully saturated rings. The lowest BCUT2D eigenvalue weighted by Crippen LogP contribution is -2.48. The Morgan fingerprint density at radius 1 is 1.19 bits per heavy atom. The van der Waals surface area contributed by atoms with Crippen LogP contribution in [-0.4, -0.2) is 53.4 Å². The van der Waals surface area contributed by atoms with Gasteiger partial charge in [-0.3, -0.25) is 24.1 Å². The summed E-state index contributed by atoms with van der Waals surface area (Å²) in [6.07, 6.45) is 2.67. The van der Waals surface area contributed by atoms with E-state index < -0.39 is 5.54 Å². The largest absolute Gasteiger partial charge is 0.356 e. The Hall–Kier alpha value is -2.25. The maximum absolute atomic E-state index is 12.0. The van der Waals surface area contributed by atoms with Crippen molar-refractivity contribution in [1.82, 2.24) is 15.5 Å². The Bertz CT molecular complexity index is 557. The second-order valence-corrected chi connectivity index (χ2v) is 6.75. The van der Waals surface area contributed by atoms with E-state index in [1.54, 1.807) is 6.92 Å². The summed E-state index contributed by atoms with van der Waals surface area (Å²) >= 11 is 0. The smallest absolute Gasteiger partial charge is 0.232 e. The van der Waals surface area contributed by atoms with Crippen LogP contribution < -0.4 is 10.6 Å². The van der Waals surface area contributed by atoms with E-state index in [-0.39, 0.29) is 68.3 Å². The summed E-state index contributed by atoms with van der Waals surface area (Å²) in [7, 11) is 0. The van der Waals surface area contributed by atoms with Crippen LogP contribution in [0.5, 0.6) is 0 Å². The second-order valence-electron chi connectivity index (χ2n) is 6.75. The van der Waals surface area contributed by atoms with Crippen LogP contribution in [0.3, 0.4) is 0 Å². The third kappa shape index (κ3) is 5.93. The molecule has 1 aliphatic heterocycles. The number of rotatable bonds is 11. The van der Waals surface area contributed by atoms with Gasteiger partial charge in [-0.05, 0) is 12.8 Å². The fourth-order valence-electron chi connectivity index (χ4n) is 2.98. The number of likely N-dealkylation sites (tertiary alicyclic amines) is 1. The van der Waals surface area contributed by atoms with Gasteiger partial charge in [0.1, 0.15) is 6.29 Å². The predicted octanol–water partition coefficient (Wildman–Crippen LogP) is 0.542. The Balaban J connectivity index is 2.33. The highest BCUT2D eigenvalue weighted by molar-refractivity contribution is 6.03. The molecule has 0 spiro atoms. The molecule has 0 aromatic carbocycles. The fraction of sp³-hybridized carbons (Fsp3) is 0.722. The zero-order valence-corrected chi connectivity index (χ0v) is 15.8. The summed E-state index contributed by atoms with van der Waals surface area (Å²) in [5.41, 5.74) is -0.532. The molecular formula is C18H29N3O5. The molecule has 2 N–H and O–H groups in total. The summed E-state index contributed by atoms with van der Waals surface area (Å²) in [5.74, 6) is -1.36. The van der Waals surface area contributed by atoms with Crippen LogP contribution in [-0.2, 0) is 24.0 Å². The zero-order valence-electron chi connectivity index (χ0n) is 15.8. The van der Waals surface area contributed by atoms with Crippen LogP contribution in [0.15, 0.2) is 0 Å². The van der Waals surface area contributed by atoms with Crippen LogP contribution in [0.2, 0.25) is 0 Å². The van der Waals surface area contributed by atoms with Crippen LogP contribution in [0.25, 0.3) is 0 Å². The average Bonchev–Trinajstić information content (AvgIpc) is 2.84. The van der Waals surface area contributed by atoms with Gasteiger partial charge in [-0.15, -0.1) is 0 Å². The first-order chi connectivity index (χ1) is 12.3. The molecule has 0 saturated carbocycles. The maximum Gasteiger partial charge on any atom is 0.232 e. The van der Waals surface area contributed by atoms with Gasteiger partial charge in [0, 0.05) is 50.2 Å². The molecule has 8 heteroatoms. The topological polar surface area (TPSA) is 113 Å². The average molecular weight is 367 g/mol. The minimum atomic E-state index is -0.532. The van der Waals surface area contributed by atoms with Crippen molar-refractivity contribution in [3.05, 3.63) is 0 Å². The lowest BCUT2D eigenvalue weighted by molar-refractivity contribution is -0.139. The monoisotopic (exact) mass is 367 g/mol. The first-order valence-electron chi connectivity index (χ1n) is 9.14. The molecule has 0 aliphatic carbocycles. The number of carbonyl (C=O) groups excluding carboxylic acids is 5. The number of amides is 4. The van der Waals surface area contributed by atoms with Crippen molar-refractivity contribution in [3.63, 3.8) is 0 Å². The van der Waals surface area contributed by atoms with Crippen LogP contribution in [0.1, 0.15) is 59.3 Å². The summed E-state index contributed by atoms with van der Waals surface area (Å²) in [6, 6.07) is 0. The molecule has 1 unspecified atom stereocenters. The maximum atomic E-state index is 12.0. The van der Waals surface area contributed by atoms with E-state index in [0.717, 1.165) is 11.2 Å². The van der Waals surface area contributed by atoms with Crippen molar-refractivity contribution in [2.45, 2.75) is 64.8 Å². The third-order valence-corrected chi connectivity index (χ3v) is 4.94. The van der Waals surface area contributed by atoms with E-state index in [2.05, 4.69) is 10.6 Å². The molecule has 146 valence electrons. The second kappa shape index (κ2) is 10.0. The van der Waals surface area contributed by atoms with Gasteiger partial charge in [0.25, 0.3) is 0 Å². The standard InChI is InChI=1S/C18H29N3O5/c1-4-18(5-2,8-11-22)20-15(24)6-9-19-14(23)7-10-21-16(25)12-13(3)17(21)26/h11,13H,4-10,12H2,1-3H3,(H,19,23)(H,20,24). The van der Waals surface area contributed by atoms with Gasteiger partial charge in [-0.25, -0.2) is 0 Å². The summed E-state index contributed by atoms with van der Waals surface area (Å²) in [4.78, 5) is 59.2. The molecule has 1 heterocycles. The van der Waals surface area contributed by atoms with E-state index in [4.69, 9.17) is 0 Å². The quantitative estimate of drug-likeness (QED) is 0.409. The highest BCUT2D eigenvalue weighted by atomic mass is 16.2. The normalized spacial score (nSPS) is 17.3. The van der Waals surface area contributed by atoms with Gasteiger partial charge in [-0.1, -0.05) is 20.8 Å². The number of nitrogens with one attached hydrogen (secondary N) is 2. The number of imide groups is 1. The molecule has 1 aliphatic rings. The minimum Gasteiger partial charge on any atom is -0.356 e. The van der Waals surface area contributed by atoms with Gasteiger partial charge in [0.05, 0.1) is 0 Å². The van der Waals surface area contributed by atoms with Crippen molar-refractivity contribution < 1.29 is 24.0 Å². The van der Waals surface area contributed by atoms with E-state index in [9.17, 15) is 24.0 Å². The predicted molar refractivity (Wildman–Crippen MR) is 94.9 cm³/mol. The Morgan fingerprint density at radius 2 is 1.85 bits per heavy atom. The highest BCUT2D eigenvalue weighted by Gasteiger charge is 2.35. The molecule has 1 saturated heterocycles. The fourth-order valence-corrected chi connectivity index (χ4v) is 2.98. The van der Waals surface area contributed by atoms with Crippen molar-refractivity contribution in [1.29, 1.82) is 0 Å². The summed E-state index contributed by atoms with van der Waals surface area (Å²) in [6.45, 7) is 5.74. The first kappa shape index (κ1) is 21.8. The SMILES string of the molecule is CCC(CC)(CC=O)NC(=O)CCNC(=O)CCN1C(=O)CC(C)C1=O. The summed E-state index contributed by atoms with van der Waals surface area (Å²) < 4.78 is 0. The molecule has 26 heavy (non-hydrogen) atoms. The van der Waals surface area contributed by atoms with Gasteiger partial charge < -0.3 is 15.4 Å². The van der Waals surface area contributed by atoms with E-state index in [1.807, 2.05) is 13.8 Å². The minimum absolute atomic E-state index is 0.0187. The third-order valence-electron chi connectivity index (χ3n) is 4.94. The summed E-state index contributed by atoms with van der Waals surface area (Å²) in [5, 5.41) is 5.49. The van der Waals surface area contributed by atoms with Gasteiger partial charge in [0.2, 0.25) is 23.6 Å². The number of aldehydes is 1. The zero-order chi connectivity index (χ0) is 19.7. The lowest BCUT2D eigenvalue weighted by atomic mass is 9.89. The molecule has 0 radical (unpaired) electrons. The van der Waals surface area contributed by atoms with Gasteiger partial charge >= 0.3 is 0 Å². The number of hydrogen-bond donors (Lipinski definition) is 2. The van der Waals surface area contributed by atoms with Crippen molar-refractivity contribution in [3.8, 4) is 0 Å². The van der Waals surface area contributed by atoms with Crippen LogP contribution >= 0.6 is 0 Å². The molecule has 0 aromatic rings. The van der Waals surface area contributed by atoms with E-state index in [1.165, 1.54) is 0 Å². The van der Waals surface area contributed by atoms with Gasteiger partial charge in [0.15, 0.2) is 0 Å². The van der Waals surface area contributed by atoms with Crippen LogP contribution in [0.4, 0.5) is 0 Å². The van der Waals surface area contributed by atoms with E-state index >= 15 is 0 Å².